The topological polar surface area (TPSA) is 81.2 Å². The normalized spacial score (nSPS) is 23.1. The molecule has 0 N–H and O–H groups in total. The van der Waals surface area contributed by atoms with Crippen molar-refractivity contribution in [3.05, 3.63) is 48.6 Å². The van der Waals surface area contributed by atoms with Gasteiger partial charge in [0.15, 0.2) is 0 Å². The van der Waals surface area contributed by atoms with Crippen molar-refractivity contribution in [3.63, 3.8) is 0 Å². The Kier molecular flexibility index (Phi) is 5.56. The number of fused-ring (bicyclic) bond motifs is 1. The molecule has 3 aliphatic heterocycles. The van der Waals surface area contributed by atoms with Gasteiger partial charge in [-0.2, -0.15) is 0 Å². The van der Waals surface area contributed by atoms with Crippen molar-refractivity contribution in [2.24, 2.45) is 0 Å². The summed E-state index contributed by atoms with van der Waals surface area (Å²) in [5.41, 5.74) is 0.175. The Bertz CT molecular complexity index is 907. The highest BCUT2D eigenvalue weighted by Crippen LogP contribution is 2.38. The summed E-state index contributed by atoms with van der Waals surface area (Å²) in [6, 6.07) is 8.80. The molecule has 0 bridgehead atoms. The lowest BCUT2D eigenvalue weighted by Crippen LogP contribution is -2.60. The number of piperidine rings is 1. The van der Waals surface area contributed by atoms with E-state index in [2.05, 4.69) is 6.58 Å². The Morgan fingerprint density at radius 3 is 2.35 bits per heavy atom. The number of imide groups is 1. The third-order valence-corrected chi connectivity index (χ3v) is 6.85. The average molecular weight is 425 g/mol. The van der Waals surface area contributed by atoms with Crippen LogP contribution in [0, 0.1) is 0 Å². The third-order valence-electron chi connectivity index (χ3n) is 6.85. The first-order valence-electron chi connectivity index (χ1n) is 10.8. The molecule has 0 aliphatic carbocycles. The van der Waals surface area contributed by atoms with E-state index >= 15 is 0 Å². The molecule has 3 heterocycles. The summed E-state index contributed by atoms with van der Waals surface area (Å²) >= 11 is 0. The van der Waals surface area contributed by atoms with Crippen LogP contribution in [0.25, 0.3) is 0 Å². The summed E-state index contributed by atoms with van der Waals surface area (Å²) in [6.45, 7) is 7.57. The molecule has 5 amide bonds. The average Bonchev–Trinajstić information content (AvgIpc) is 3.07. The largest absolute Gasteiger partial charge is 0.339 e. The smallest absolute Gasteiger partial charge is 0.327 e. The number of urea groups is 1. The van der Waals surface area contributed by atoms with Gasteiger partial charge in [-0.3, -0.25) is 19.3 Å². The number of benzene rings is 1. The van der Waals surface area contributed by atoms with Gasteiger partial charge in [0.2, 0.25) is 11.8 Å². The van der Waals surface area contributed by atoms with Gasteiger partial charge in [0.25, 0.3) is 5.91 Å². The molecule has 8 heteroatoms. The number of amides is 5. The summed E-state index contributed by atoms with van der Waals surface area (Å²) in [7, 11) is 0. The van der Waals surface area contributed by atoms with Gasteiger partial charge in [-0.15, -0.1) is 0 Å². The van der Waals surface area contributed by atoms with Crippen molar-refractivity contribution in [1.82, 2.24) is 19.6 Å². The second-order valence-electron chi connectivity index (χ2n) is 8.30. The zero-order valence-electron chi connectivity index (χ0n) is 17.8. The second kappa shape index (κ2) is 8.17. The van der Waals surface area contributed by atoms with Gasteiger partial charge in [0.05, 0.1) is 12.0 Å². The van der Waals surface area contributed by atoms with Gasteiger partial charge in [-0.05, 0) is 31.4 Å². The van der Waals surface area contributed by atoms with Crippen LogP contribution in [-0.2, 0) is 19.8 Å². The molecule has 3 aliphatic rings. The fourth-order valence-corrected chi connectivity index (χ4v) is 5.05. The van der Waals surface area contributed by atoms with Crippen molar-refractivity contribution in [2.45, 2.75) is 31.2 Å². The van der Waals surface area contributed by atoms with E-state index in [-0.39, 0.29) is 30.3 Å². The van der Waals surface area contributed by atoms with E-state index in [1.165, 1.54) is 11.0 Å². The molecule has 0 spiro atoms. The van der Waals surface area contributed by atoms with E-state index in [0.717, 1.165) is 5.56 Å². The minimum atomic E-state index is -0.752. The van der Waals surface area contributed by atoms with Crippen molar-refractivity contribution in [2.75, 3.05) is 39.3 Å². The Morgan fingerprint density at radius 2 is 1.74 bits per heavy atom. The second-order valence-corrected chi connectivity index (χ2v) is 8.30. The number of carbonyl (C=O) groups is 4. The quantitative estimate of drug-likeness (QED) is 0.538. The maximum atomic E-state index is 13.9. The van der Waals surface area contributed by atoms with Crippen LogP contribution >= 0.6 is 0 Å². The van der Waals surface area contributed by atoms with Crippen LogP contribution in [0.5, 0.6) is 0 Å². The van der Waals surface area contributed by atoms with Crippen molar-refractivity contribution in [1.29, 1.82) is 0 Å². The van der Waals surface area contributed by atoms with Gasteiger partial charge in [-0.1, -0.05) is 36.9 Å². The Balaban J connectivity index is 1.59. The summed E-state index contributed by atoms with van der Waals surface area (Å²) in [6.07, 6.45) is 2.32. The molecular formula is C23H28N4O4. The molecular weight excluding hydrogens is 396 g/mol. The maximum Gasteiger partial charge on any atom is 0.327 e. The van der Waals surface area contributed by atoms with E-state index in [4.69, 9.17) is 0 Å². The van der Waals surface area contributed by atoms with Crippen molar-refractivity contribution in [3.8, 4) is 0 Å². The molecule has 1 atom stereocenters. The number of nitrogens with zero attached hydrogens (tertiary/aromatic N) is 4. The fourth-order valence-electron chi connectivity index (χ4n) is 5.05. The zero-order chi connectivity index (χ0) is 22.2. The molecule has 0 aromatic heterocycles. The minimum absolute atomic E-state index is 0.0285. The monoisotopic (exact) mass is 424 g/mol. The van der Waals surface area contributed by atoms with E-state index in [1.807, 2.05) is 30.3 Å². The lowest BCUT2D eigenvalue weighted by atomic mass is 9.71. The third kappa shape index (κ3) is 3.40. The molecule has 0 radical (unpaired) electrons. The first-order valence-corrected chi connectivity index (χ1v) is 10.8. The molecule has 8 nitrogen and oxygen atoms in total. The molecule has 31 heavy (non-hydrogen) atoms. The van der Waals surface area contributed by atoms with Gasteiger partial charge in [-0.25, -0.2) is 4.79 Å². The fraction of sp³-hybridized carbons (Fsp3) is 0.478. The molecule has 1 aromatic carbocycles. The molecule has 3 fully saturated rings. The standard InChI is InChI=1S/C23H28N4O4/c1-3-19(28)24-12-10-23(11-13-24,17-8-6-5-7-9-17)21(30)25-14-15-27-18(16-25)20(29)26(4-2)22(27)31/h3,5-9,18H,1,4,10-16H2,2H3. The van der Waals surface area contributed by atoms with E-state index in [9.17, 15) is 19.2 Å². The van der Waals surface area contributed by atoms with Crippen molar-refractivity contribution >= 4 is 23.8 Å². The number of rotatable bonds is 4. The van der Waals surface area contributed by atoms with Gasteiger partial charge >= 0.3 is 6.03 Å². The summed E-state index contributed by atoms with van der Waals surface area (Å²) < 4.78 is 0. The Hall–Kier alpha value is -3.16. The predicted octanol–water partition coefficient (Wildman–Crippen LogP) is 1.23. The van der Waals surface area contributed by atoms with Crippen LogP contribution in [0.3, 0.4) is 0 Å². The Morgan fingerprint density at radius 1 is 1.06 bits per heavy atom. The molecule has 1 aromatic rings. The number of hydrogen-bond donors (Lipinski definition) is 0. The van der Waals surface area contributed by atoms with E-state index in [0.29, 0.717) is 45.6 Å². The highest BCUT2D eigenvalue weighted by Gasteiger charge is 2.51. The summed E-state index contributed by atoms with van der Waals surface area (Å²) in [5, 5.41) is 0. The molecule has 3 saturated heterocycles. The van der Waals surface area contributed by atoms with Crippen LogP contribution in [0.15, 0.2) is 43.0 Å². The van der Waals surface area contributed by atoms with Gasteiger partial charge in [0.1, 0.15) is 6.04 Å². The Labute approximate surface area is 182 Å². The molecule has 1 unspecified atom stereocenters. The molecule has 164 valence electrons. The van der Waals surface area contributed by atoms with Gasteiger partial charge in [0, 0.05) is 32.7 Å². The van der Waals surface area contributed by atoms with E-state index in [1.54, 1.807) is 21.6 Å². The van der Waals surface area contributed by atoms with Crippen LogP contribution in [0.2, 0.25) is 0 Å². The van der Waals surface area contributed by atoms with Crippen molar-refractivity contribution < 1.29 is 19.2 Å². The van der Waals surface area contributed by atoms with Crippen LogP contribution in [0.4, 0.5) is 4.79 Å². The van der Waals surface area contributed by atoms with Crippen LogP contribution in [-0.4, -0.2) is 88.7 Å². The first kappa shape index (κ1) is 21.1. The van der Waals surface area contributed by atoms with Crippen LogP contribution in [0.1, 0.15) is 25.3 Å². The number of carbonyl (C=O) groups excluding carboxylic acids is 4. The van der Waals surface area contributed by atoms with Crippen LogP contribution < -0.4 is 0 Å². The number of piperazine rings is 1. The lowest BCUT2D eigenvalue weighted by molar-refractivity contribution is -0.145. The molecule has 0 saturated carbocycles. The first-order chi connectivity index (χ1) is 14.9. The highest BCUT2D eigenvalue weighted by atomic mass is 16.2. The van der Waals surface area contributed by atoms with E-state index < -0.39 is 11.5 Å². The number of likely N-dealkylation sites (N-methyl/N-ethyl adjacent to an activating group) is 1. The highest BCUT2D eigenvalue weighted by molar-refractivity contribution is 6.05. The SMILES string of the molecule is C=CC(=O)N1CCC(C(=O)N2CCN3C(=O)N(CC)C(=O)C3C2)(c2ccccc2)CC1. The summed E-state index contributed by atoms with van der Waals surface area (Å²) in [5.74, 6) is -0.387. The molecule has 4 rings (SSSR count). The predicted molar refractivity (Wildman–Crippen MR) is 114 cm³/mol. The zero-order valence-corrected chi connectivity index (χ0v) is 17.8. The lowest BCUT2D eigenvalue weighted by Gasteiger charge is -2.45. The minimum Gasteiger partial charge on any atom is -0.339 e. The van der Waals surface area contributed by atoms with Gasteiger partial charge < -0.3 is 14.7 Å². The maximum absolute atomic E-state index is 13.9. The summed E-state index contributed by atoms with van der Waals surface area (Å²) in [4.78, 5) is 57.4. The number of hydrogen-bond acceptors (Lipinski definition) is 4. The number of likely N-dealkylation sites (tertiary alicyclic amines) is 1.